The van der Waals surface area contributed by atoms with Crippen LogP contribution in [0.1, 0.15) is 6.92 Å². The van der Waals surface area contributed by atoms with Crippen LogP contribution in [-0.2, 0) is 4.74 Å². The zero-order valence-corrected chi connectivity index (χ0v) is 9.01. The van der Waals surface area contributed by atoms with Gasteiger partial charge in [0.15, 0.2) is 0 Å². The van der Waals surface area contributed by atoms with Gasteiger partial charge in [-0.05, 0) is 25.2 Å². The highest BCUT2D eigenvalue weighted by Crippen LogP contribution is 2.16. The summed E-state index contributed by atoms with van der Waals surface area (Å²) < 4.78 is 41.0. The quantitative estimate of drug-likeness (QED) is 0.351. The Morgan fingerprint density at radius 2 is 1.94 bits per heavy atom. The summed E-state index contributed by atoms with van der Waals surface area (Å²) in [6.45, 7) is 4.98. The van der Waals surface area contributed by atoms with Gasteiger partial charge < -0.3 is 10.5 Å². The Morgan fingerprint density at radius 3 is 2.31 bits per heavy atom. The third-order valence-corrected chi connectivity index (χ3v) is 1.56. The SMILES string of the molecule is C=C/C(=C\C=C(/C)OC)N=C(N)C(F)(F)F. The maximum atomic E-state index is 12.1. The Hall–Kier alpha value is -1.72. The van der Waals surface area contributed by atoms with Crippen molar-refractivity contribution in [2.75, 3.05) is 7.11 Å². The minimum atomic E-state index is -4.64. The largest absolute Gasteiger partial charge is 0.501 e. The fraction of sp³-hybridized carbons (Fsp3) is 0.300. The molecule has 0 aromatic carbocycles. The third-order valence-electron chi connectivity index (χ3n) is 1.56. The summed E-state index contributed by atoms with van der Waals surface area (Å²) in [6.07, 6.45) is -0.686. The Kier molecular flexibility index (Phi) is 5.35. The van der Waals surface area contributed by atoms with Crippen LogP contribution in [-0.4, -0.2) is 19.1 Å². The molecule has 0 saturated heterocycles. The normalized spacial score (nSPS) is 14.9. The molecule has 2 N–H and O–H groups in total. The number of aliphatic imine (C=N–C) groups is 1. The van der Waals surface area contributed by atoms with Crippen molar-refractivity contribution in [2.45, 2.75) is 13.1 Å². The number of amidine groups is 1. The summed E-state index contributed by atoms with van der Waals surface area (Å²) in [5.74, 6) is -0.887. The molecular weight excluding hydrogens is 221 g/mol. The van der Waals surface area contributed by atoms with Crippen molar-refractivity contribution in [3.63, 3.8) is 0 Å². The monoisotopic (exact) mass is 234 g/mol. The second-order valence-corrected chi connectivity index (χ2v) is 2.77. The lowest BCUT2D eigenvalue weighted by Crippen LogP contribution is -2.31. The van der Waals surface area contributed by atoms with Gasteiger partial charge in [-0.15, -0.1) is 0 Å². The second-order valence-electron chi connectivity index (χ2n) is 2.77. The first-order valence-corrected chi connectivity index (χ1v) is 4.27. The van der Waals surface area contributed by atoms with Crippen molar-refractivity contribution in [1.29, 1.82) is 0 Å². The first kappa shape index (κ1) is 14.3. The number of hydrogen-bond donors (Lipinski definition) is 1. The number of nitrogens with zero attached hydrogens (tertiary/aromatic N) is 1. The molecule has 0 fully saturated rings. The number of nitrogens with two attached hydrogens (primary N) is 1. The fourth-order valence-corrected chi connectivity index (χ4v) is 0.624. The molecule has 0 spiro atoms. The number of hydrogen-bond acceptors (Lipinski definition) is 2. The zero-order valence-electron chi connectivity index (χ0n) is 9.01. The summed E-state index contributed by atoms with van der Waals surface area (Å²) in [7, 11) is 1.45. The predicted octanol–water partition coefficient (Wildman–Crippen LogP) is 2.53. The minimum Gasteiger partial charge on any atom is -0.501 e. The van der Waals surface area contributed by atoms with Gasteiger partial charge >= 0.3 is 6.18 Å². The van der Waals surface area contributed by atoms with Gasteiger partial charge in [-0.25, -0.2) is 4.99 Å². The predicted molar refractivity (Wildman–Crippen MR) is 56.7 cm³/mol. The van der Waals surface area contributed by atoms with E-state index in [9.17, 15) is 13.2 Å². The summed E-state index contributed by atoms with van der Waals surface area (Å²) in [4.78, 5) is 3.18. The summed E-state index contributed by atoms with van der Waals surface area (Å²) in [5, 5.41) is 0. The molecule has 0 saturated carbocycles. The van der Waals surface area contributed by atoms with E-state index < -0.39 is 12.0 Å². The summed E-state index contributed by atoms with van der Waals surface area (Å²) in [5.41, 5.74) is 4.76. The molecule has 0 amide bonds. The van der Waals surface area contributed by atoms with Crippen LogP contribution in [0.15, 0.2) is 41.3 Å². The van der Waals surface area contributed by atoms with Crippen LogP contribution in [0.5, 0.6) is 0 Å². The molecule has 90 valence electrons. The highest BCUT2D eigenvalue weighted by atomic mass is 19.4. The van der Waals surface area contributed by atoms with Gasteiger partial charge in [-0.3, -0.25) is 0 Å². The maximum Gasteiger partial charge on any atom is 0.448 e. The molecule has 0 aliphatic carbocycles. The molecule has 0 rings (SSSR count). The molecule has 0 aliphatic rings. The molecule has 16 heavy (non-hydrogen) atoms. The van der Waals surface area contributed by atoms with E-state index in [4.69, 9.17) is 10.5 Å². The first-order chi connectivity index (χ1) is 7.31. The van der Waals surface area contributed by atoms with E-state index in [0.29, 0.717) is 5.76 Å². The van der Waals surface area contributed by atoms with E-state index >= 15 is 0 Å². The van der Waals surface area contributed by atoms with Gasteiger partial charge in [-0.2, -0.15) is 13.2 Å². The van der Waals surface area contributed by atoms with Crippen LogP contribution in [0.4, 0.5) is 13.2 Å². The smallest absolute Gasteiger partial charge is 0.448 e. The first-order valence-electron chi connectivity index (χ1n) is 4.27. The average molecular weight is 234 g/mol. The van der Waals surface area contributed by atoms with Crippen molar-refractivity contribution in [3.05, 3.63) is 36.3 Å². The molecule has 0 unspecified atom stereocenters. The highest BCUT2D eigenvalue weighted by molar-refractivity contribution is 5.86. The summed E-state index contributed by atoms with van der Waals surface area (Å²) in [6, 6.07) is 0. The second kappa shape index (κ2) is 5.99. The van der Waals surface area contributed by atoms with Crippen molar-refractivity contribution >= 4 is 5.84 Å². The van der Waals surface area contributed by atoms with Crippen molar-refractivity contribution in [1.82, 2.24) is 0 Å². The van der Waals surface area contributed by atoms with Crippen molar-refractivity contribution in [2.24, 2.45) is 10.7 Å². The maximum absolute atomic E-state index is 12.1. The van der Waals surface area contributed by atoms with Crippen LogP contribution in [0.2, 0.25) is 0 Å². The molecule has 0 aliphatic heterocycles. The van der Waals surface area contributed by atoms with E-state index in [2.05, 4.69) is 11.6 Å². The van der Waals surface area contributed by atoms with E-state index in [0.717, 1.165) is 6.08 Å². The molecule has 0 radical (unpaired) electrons. The van der Waals surface area contributed by atoms with E-state index in [1.807, 2.05) is 0 Å². The van der Waals surface area contributed by atoms with Crippen LogP contribution in [0, 0.1) is 0 Å². The lowest BCUT2D eigenvalue weighted by Gasteiger charge is -2.04. The standard InChI is InChI=1S/C10H13F3N2O/c1-4-8(6-5-7(2)16-3)15-9(14)10(11,12)13/h4-6H,1H2,2-3H3,(H2,14,15)/b7-5+,8-6+. The Labute approximate surface area is 91.8 Å². The molecule has 6 heteroatoms. The number of ether oxygens (including phenoxy) is 1. The van der Waals surface area contributed by atoms with Crippen LogP contribution in [0.3, 0.4) is 0 Å². The third kappa shape index (κ3) is 5.23. The molecular formula is C10H13F3N2O. The molecule has 0 atom stereocenters. The van der Waals surface area contributed by atoms with Gasteiger partial charge in [0.2, 0.25) is 5.84 Å². The van der Waals surface area contributed by atoms with Gasteiger partial charge in [0.05, 0.1) is 18.6 Å². The van der Waals surface area contributed by atoms with Gasteiger partial charge in [-0.1, -0.05) is 6.58 Å². The number of alkyl halides is 3. The molecule has 0 heterocycles. The van der Waals surface area contributed by atoms with Crippen LogP contribution < -0.4 is 5.73 Å². The number of halogens is 3. The number of allylic oxidation sites excluding steroid dienone is 4. The Morgan fingerprint density at radius 1 is 1.38 bits per heavy atom. The van der Waals surface area contributed by atoms with Crippen molar-refractivity contribution in [3.8, 4) is 0 Å². The summed E-state index contributed by atoms with van der Waals surface area (Å²) >= 11 is 0. The van der Waals surface area contributed by atoms with Crippen molar-refractivity contribution < 1.29 is 17.9 Å². The van der Waals surface area contributed by atoms with Crippen LogP contribution in [0.25, 0.3) is 0 Å². The number of rotatable bonds is 4. The van der Waals surface area contributed by atoms with Gasteiger partial charge in [0.25, 0.3) is 0 Å². The average Bonchev–Trinajstić information content (AvgIpc) is 2.21. The topological polar surface area (TPSA) is 47.6 Å². The van der Waals surface area contributed by atoms with E-state index in [1.54, 1.807) is 6.92 Å². The lowest BCUT2D eigenvalue weighted by molar-refractivity contribution is -0.0598. The molecule has 0 aromatic heterocycles. The molecule has 0 bridgehead atoms. The van der Waals surface area contributed by atoms with Crippen LogP contribution >= 0.6 is 0 Å². The van der Waals surface area contributed by atoms with Gasteiger partial charge in [0.1, 0.15) is 0 Å². The molecule has 0 aromatic rings. The Balaban J connectivity index is 4.98. The van der Waals surface area contributed by atoms with Gasteiger partial charge in [0, 0.05) is 0 Å². The zero-order chi connectivity index (χ0) is 12.8. The lowest BCUT2D eigenvalue weighted by atomic mass is 10.3. The van der Waals surface area contributed by atoms with E-state index in [1.165, 1.54) is 19.3 Å². The fourth-order valence-electron chi connectivity index (χ4n) is 0.624. The number of methoxy groups -OCH3 is 1. The van der Waals surface area contributed by atoms with E-state index in [-0.39, 0.29) is 5.70 Å². The minimum absolute atomic E-state index is 0.00576. The highest BCUT2D eigenvalue weighted by Gasteiger charge is 2.33. The molecule has 3 nitrogen and oxygen atoms in total. The Bertz CT molecular complexity index is 340.